The molecule has 2 rings (SSSR count). The van der Waals surface area contributed by atoms with E-state index >= 15 is 0 Å². The Morgan fingerprint density at radius 2 is 1.44 bits per heavy atom. The van der Waals surface area contributed by atoms with Crippen LogP contribution >= 0.6 is 11.6 Å². The van der Waals surface area contributed by atoms with E-state index in [0.29, 0.717) is 17.4 Å². The van der Waals surface area contributed by atoms with Crippen LogP contribution in [-0.4, -0.2) is 16.4 Å². The number of ether oxygens (including phenoxy) is 1. The van der Waals surface area contributed by atoms with E-state index in [1.165, 1.54) is 70.6 Å². The Morgan fingerprint density at radius 1 is 0.875 bits per heavy atom. The van der Waals surface area contributed by atoms with Crippen molar-refractivity contribution in [1.82, 2.24) is 9.78 Å². The molecule has 0 aliphatic heterocycles. The first-order valence-electron chi connectivity index (χ1n) is 12.6. The van der Waals surface area contributed by atoms with E-state index in [0.717, 1.165) is 23.6 Å². The summed E-state index contributed by atoms with van der Waals surface area (Å²) in [6, 6.07) is 7.57. The molecule has 5 heteroatoms. The molecule has 0 aliphatic carbocycles. The van der Waals surface area contributed by atoms with Crippen molar-refractivity contribution in [3.63, 3.8) is 0 Å². The Bertz CT molecular complexity index is 795. The summed E-state index contributed by atoms with van der Waals surface area (Å²) in [5.41, 5.74) is 7.99. The van der Waals surface area contributed by atoms with Gasteiger partial charge in [-0.15, -0.1) is 0 Å². The number of nitrogens with zero attached hydrogens (tertiary/aromatic N) is 2. The van der Waals surface area contributed by atoms with E-state index < -0.39 is 0 Å². The average molecular weight is 462 g/mol. The summed E-state index contributed by atoms with van der Waals surface area (Å²) in [6.07, 6.45) is 16.0. The van der Waals surface area contributed by atoms with Gasteiger partial charge < -0.3 is 10.5 Å². The highest BCUT2D eigenvalue weighted by Crippen LogP contribution is 2.31. The number of rotatable bonds is 15. The van der Waals surface area contributed by atoms with Crippen LogP contribution in [0.25, 0.3) is 5.69 Å². The molecule has 4 nitrogen and oxygen atoms in total. The third-order valence-corrected chi connectivity index (χ3v) is 6.15. The first kappa shape index (κ1) is 26.6. The van der Waals surface area contributed by atoms with Gasteiger partial charge >= 0.3 is 0 Å². The minimum absolute atomic E-state index is 0.0676. The lowest BCUT2D eigenvalue weighted by molar-refractivity contribution is 0.303. The monoisotopic (exact) mass is 461 g/mol. The molecule has 0 spiro atoms. The number of nitrogen functional groups attached to an aromatic ring is 1. The molecule has 180 valence electrons. The van der Waals surface area contributed by atoms with Crippen molar-refractivity contribution in [2.75, 3.05) is 12.3 Å². The van der Waals surface area contributed by atoms with Crippen LogP contribution < -0.4 is 10.5 Å². The zero-order valence-corrected chi connectivity index (χ0v) is 21.5. The van der Waals surface area contributed by atoms with E-state index in [4.69, 9.17) is 27.2 Å². The molecule has 0 fully saturated rings. The van der Waals surface area contributed by atoms with Crippen LogP contribution in [0.2, 0.25) is 5.02 Å². The molecular formula is C27H44ClN3O. The molecule has 0 unspecified atom stereocenters. The second-order valence-electron chi connectivity index (χ2n) is 9.97. The molecule has 1 aromatic heterocycles. The number of hydrogen-bond donors (Lipinski definition) is 1. The van der Waals surface area contributed by atoms with E-state index in [1.807, 2.05) is 24.3 Å². The van der Waals surface area contributed by atoms with Crippen LogP contribution in [0.15, 0.2) is 24.3 Å². The van der Waals surface area contributed by atoms with Gasteiger partial charge in [0.25, 0.3) is 0 Å². The molecule has 2 aromatic rings. The molecule has 0 radical (unpaired) electrons. The van der Waals surface area contributed by atoms with E-state index in [-0.39, 0.29) is 5.41 Å². The fraction of sp³-hybridized carbons (Fsp3) is 0.667. The number of unbranched alkanes of at least 4 members (excludes halogenated alkanes) is 11. The summed E-state index contributed by atoms with van der Waals surface area (Å²) in [4.78, 5) is 0. The van der Waals surface area contributed by atoms with Gasteiger partial charge in [-0.2, -0.15) is 5.10 Å². The van der Waals surface area contributed by atoms with Crippen molar-refractivity contribution in [1.29, 1.82) is 0 Å². The van der Waals surface area contributed by atoms with Crippen molar-refractivity contribution >= 4 is 17.4 Å². The number of nitrogens with two attached hydrogens (primary N) is 1. The largest absolute Gasteiger partial charge is 0.491 e. The zero-order valence-electron chi connectivity index (χ0n) is 20.8. The molecule has 0 saturated heterocycles. The zero-order chi connectivity index (χ0) is 23.4. The molecule has 0 saturated carbocycles. The lowest BCUT2D eigenvalue weighted by Gasteiger charge is -2.15. The second-order valence-corrected chi connectivity index (χ2v) is 10.4. The first-order chi connectivity index (χ1) is 15.3. The Balaban J connectivity index is 1.73. The molecule has 1 heterocycles. The van der Waals surface area contributed by atoms with Crippen LogP contribution in [-0.2, 0) is 5.41 Å². The van der Waals surface area contributed by atoms with Gasteiger partial charge in [-0.25, -0.2) is 4.68 Å². The Hall–Kier alpha value is -1.68. The average Bonchev–Trinajstić information content (AvgIpc) is 3.13. The predicted molar refractivity (Wildman–Crippen MR) is 138 cm³/mol. The van der Waals surface area contributed by atoms with Crippen molar-refractivity contribution in [3.05, 3.63) is 35.0 Å². The summed E-state index contributed by atoms with van der Waals surface area (Å²) >= 11 is 6.24. The normalized spacial score (nSPS) is 11.8. The van der Waals surface area contributed by atoms with Gasteiger partial charge in [0.15, 0.2) is 0 Å². The van der Waals surface area contributed by atoms with Crippen LogP contribution in [0.5, 0.6) is 5.75 Å². The SMILES string of the molecule is CCCCCCCCCCCCCCOc1cc(Cl)ccc1-n1nc(C(C)(C)C)cc1N. The topological polar surface area (TPSA) is 53.1 Å². The molecule has 1 aromatic carbocycles. The van der Waals surface area contributed by atoms with Gasteiger partial charge in [-0.3, -0.25) is 0 Å². The molecule has 0 amide bonds. The Kier molecular flexibility index (Phi) is 11.4. The minimum Gasteiger partial charge on any atom is -0.491 e. The van der Waals surface area contributed by atoms with Crippen LogP contribution in [0, 0.1) is 0 Å². The van der Waals surface area contributed by atoms with Gasteiger partial charge in [0, 0.05) is 22.6 Å². The molecule has 0 aliphatic rings. The summed E-state index contributed by atoms with van der Waals surface area (Å²) in [5, 5.41) is 5.38. The number of anilines is 1. The highest BCUT2D eigenvalue weighted by molar-refractivity contribution is 6.30. The third-order valence-electron chi connectivity index (χ3n) is 5.91. The number of hydrogen-bond acceptors (Lipinski definition) is 3. The maximum Gasteiger partial charge on any atom is 0.146 e. The molecular weight excluding hydrogens is 418 g/mol. The maximum atomic E-state index is 6.26. The maximum absolute atomic E-state index is 6.26. The summed E-state index contributed by atoms with van der Waals surface area (Å²) in [6.45, 7) is 9.35. The predicted octanol–water partition coefficient (Wildman–Crippen LogP) is 8.49. The minimum atomic E-state index is -0.0676. The van der Waals surface area contributed by atoms with Crippen molar-refractivity contribution in [3.8, 4) is 11.4 Å². The highest BCUT2D eigenvalue weighted by atomic mass is 35.5. The fourth-order valence-corrected chi connectivity index (χ4v) is 4.02. The molecule has 32 heavy (non-hydrogen) atoms. The quantitative estimate of drug-likeness (QED) is 0.270. The van der Waals surface area contributed by atoms with E-state index in [1.54, 1.807) is 4.68 Å². The summed E-state index contributed by atoms with van der Waals surface area (Å²) in [7, 11) is 0. The molecule has 0 bridgehead atoms. The van der Waals surface area contributed by atoms with Gasteiger partial charge in [-0.05, 0) is 18.6 Å². The Morgan fingerprint density at radius 3 is 1.97 bits per heavy atom. The van der Waals surface area contributed by atoms with Crippen molar-refractivity contribution < 1.29 is 4.74 Å². The lowest BCUT2D eigenvalue weighted by Crippen LogP contribution is -2.13. The standard InChI is InChI=1S/C27H44ClN3O/c1-5-6-7-8-9-10-11-12-13-14-15-16-19-32-24-20-22(28)17-18-23(24)31-26(29)21-25(30-31)27(2,3)4/h17-18,20-21H,5-16,19,29H2,1-4H3. The van der Waals surface area contributed by atoms with Crippen LogP contribution in [0.4, 0.5) is 5.82 Å². The van der Waals surface area contributed by atoms with Gasteiger partial charge in [0.2, 0.25) is 0 Å². The van der Waals surface area contributed by atoms with Gasteiger partial charge in [0.1, 0.15) is 17.3 Å². The smallest absolute Gasteiger partial charge is 0.146 e. The number of aromatic nitrogens is 2. The molecule has 2 N–H and O–H groups in total. The lowest BCUT2D eigenvalue weighted by atomic mass is 9.92. The fourth-order valence-electron chi connectivity index (χ4n) is 3.86. The highest BCUT2D eigenvalue weighted by Gasteiger charge is 2.21. The van der Waals surface area contributed by atoms with Crippen molar-refractivity contribution in [2.45, 2.75) is 110 Å². The summed E-state index contributed by atoms with van der Waals surface area (Å²) < 4.78 is 7.87. The van der Waals surface area contributed by atoms with E-state index in [2.05, 4.69) is 27.7 Å². The molecule has 0 atom stereocenters. The van der Waals surface area contributed by atoms with Crippen LogP contribution in [0.1, 0.15) is 110 Å². The Labute approximate surface area is 200 Å². The second kappa shape index (κ2) is 13.8. The van der Waals surface area contributed by atoms with Gasteiger partial charge in [0.05, 0.1) is 12.3 Å². The summed E-state index contributed by atoms with van der Waals surface area (Å²) in [5.74, 6) is 1.34. The first-order valence-corrected chi connectivity index (χ1v) is 13.0. The third kappa shape index (κ3) is 9.05. The van der Waals surface area contributed by atoms with E-state index in [9.17, 15) is 0 Å². The van der Waals surface area contributed by atoms with Crippen LogP contribution in [0.3, 0.4) is 0 Å². The van der Waals surface area contributed by atoms with Crippen molar-refractivity contribution in [2.24, 2.45) is 0 Å². The van der Waals surface area contributed by atoms with Gasteiger partial charge in [-0.1, -0.05) is 110 Å². The number of halogens is 1. The number of benzene rings is 1.